The highest BCUT2D eigenvalue weighted by molar-refractivity contribution is 7.16. The lowest BCUT2D eigenvalue weighted by Gasteiger charge is -2.25. The summed E-state index contributed by atoms with van der Waals surface area (Å²) in [5, 5.41) is 12.9. The minimum Gasteiger partial charge on any atom is -0.450 e. The van der Waals surface area contributed by atoms with E-state index in [0.717, 1.165) is 10.4 Å². The van der Waals surface area contributed by atoms with Crippen LogP contribution in [0.2, 0.25) is 5.22 Å². The number of carbonyl (C=O) groups excluding carboxylic acids is 2. The predicted molar refractivity (Wildman–Crippen MR) is 102 cm³/mol. The quantitative estimate of drug-likeness (QED) is 0.774. The van der Waals surface area contributed by atoms with Crippen LogP contribution in [0.1, 0.15) is 28.7 Å². The maximum absolute atomic E-state index is 12.2. The summed E-state index contributed by atoms with van der Waals surface area (Å²) in [6.45, 7) is 2.91. The second kappa shape index (κ2) is 8.29. The van der Waals surface area contributed by atoms with Crippen molar-refractivity contribution >= 4 is 46.0 Å². The Balaban J connectivity index is 1.73. The normalized spacial score (nSPS) is 13.3. The van der Waals surface area contributed by atoms with Gasteiger partial charge in [-0.25, -0.2) is 4.79 Å². The number of rotatable bonds is 4. The topological polar surface area (TPSA) is 95.6 Å². The first-order valence-electron chi connectivity index (χ1n) is 8.22. The average molecular weight is 406 g/mol. The molecule has 0 fully saturated rings. The summed E-state index contributed by atoms with van der Waals surface area (Å²) < 4.78 is 10.2. The molecule has 9 heteroatoms. The van der Waals surface area contributed by atoms with E-state index in [4.69, 9.17) is 20.8 Å². The molecule has 1 N–H and O–H groups in total. The summed E-state index contributed by atoms with van der Waals surface area (Å²) in [5.74, 6) is 0.0612. The molecule has 0 bridgehead atoms. The van der Waals surface area contributed by atoms with Crippen LogP contribution in [-0.2, 0) is 22.5 Å². The third kappa shape index (κ3) is 4.32. The molecule has 27 heavy (non-hydrogen) atoms. The van der Waals surface area contributed by atoms with Crippen LogP contribution in [0, 0.1) is 11.3 Å². The number of amides is 2. The molecule has 0 saturated carbocycles. The monoisotopic (exact) mass is 405 g/mol. The highest BCUT2D eigenvalue weighted by atomic mass is 35.5. The van der Waals surface area contributed by atoms with Gasteiger partial charge >= 0.3 is 6.09 Å². The molecule has 2 amide bonds. The number of nitrogens with one attached hydrogen (secondary N) is 1. The van der Waals surface area contributed by atoms with Gasteiger partial charge in [0.25, 0.3) is 0 Å². The minimum atomic E-state index is -0.389. The predicted octanol–water partition coefficient (Wildman–Crippen LogP) is 4.03. The standard InChI is InChI=1S/C18H16ClN3O4S/c1-2-25-18(24)22-8-7-12-13(9-20)17(27-14(12)10-22)21-16(23)6-4-11-3-5-15(19)26-11/h3-6H,2,7-8,10H2,1H3,(H,21,23)/b6-4+. The fourth-order valence-corrected chi connectivity index (χ4v) is 4.08. The molecule has 1 aliphatic rings. The molecule has 7 nitrogen and oxygen atoms in total. The Morgan fingerprint density at radius 3 is 3.00 bits per heavy atom. The van der Waals surface area contributed by atoms with Crippen LogP contribution in [0.15, 0.2) is 22.6 Å². The van der Waals surface area contributed by atoms with Gasteiger partial charge in [0.1, 0.15) is 16.8 Å². The van der Waals surface area contributed by atoms with Gasteiger partial charge in [-0.1, -0.05) is 0 Å². The van der Waals surface area contributed by atoms with Crippen molar-refractivity contribution in [1.29, 1.82) is 5.26 Å². The minimum absolute atomic E-state index is 0.235. The lowest BCUT2D eigenvalue weighted by Crippen LogP contribution is -2.35. The van der Waals surface area contributed by atoms with E-state index in [-0.39, 0.29) is 17.2 Å². The van der Waals surface area contributed by atoms with Gasteiger partial charge in [0, 0.05) is 17.5 Å². The Kier molecular flexibility index (Phi) is 5.84. The van der Waals surface area contributed by atoms with Gasteiger partial charge in [-0.2, -0.15) is 5.26 Å². The van der Waals surface area contributed by atoms with E-state index in [1.165, 1.54) is 23.5 Å². The van der Waals surface area contributed by atoms with E-state index < -0.39 is 0 Å². The van der Waals surface area contributed by atoms with Crippen LogP contribution in [0.4, 0.5) is 9.80 Å². The molecule has 0 spiro atoms. The SMILES string of the molecule is CCOC(=O)N1CCc2c(sc(NC(=O)/C=C/c3ccc(Cl)o3)c2C#N)C1. The zero-order chi connectivity index (χ0) is 19.4. The lowest BCUT2D eigenvalue weighted by molar-refractivity contribution is -0.111. The van der Waals surface area contributed by atoms with Crippen molar-refractivity contribution in [1.82, 2.24) is 4.90 Å². The number of nitriles is 1. The Morgan fingerprint density at radius 1 is 1.52 bits per heavy atom. The smallest absolute Gasteiger partial charge is 0.410 e. The first-order chi connectivity index (χ1) is 13.0. The first-order valence-corrected chi connectivity index (χ1v) is 9.42. The maximum atomic E-state index is 12.2. The molecule has 3 rings (SSSR count). The van der Waals surface area contributed by atoms with Crippen molar-refractivity contribution in [3.05, 3.63) is 45.2 Å². The van der Waals surface area contributed by atoms with Crippen molar-refractivity contribution in [2.75, 3.05) is 18.5 Å². The van der Waals surface area contributed by atoms with Crippen molar-refractivity contribution in [3.63, 3.8) is 0 Å². The molecular formula is C18H16ClN3O4S. The number of carbonyl (C=O) groups is 2. The summed E-state index contributed by atoms with van der Waals surface area (Å²) in [7, 11) is 0. The number of thiophene rings is 1. The van der Waals surface area contributed by atoms with Crippen molar-refractivity contribution < 1.29 is 18.7 Å². The van der Waals surface area contributed by atoms with Gasteiger partial charge in [0.05, 0.1) is 18.7 Å². The summed E-state index contributed by atoms with van der Waals surface area (Å²) in [6.07, 6.45) is 2.97. The fourth-order valence-electron chi connectivity index (χ4n) is 2.71. The number of hydrogen-bond acceptors (Lipinski definition) is 6. The third-order valence-electron chi connectivity index (χ3n) is 3.92. The van der Waals surface area contributed by atoms with Crippen LogP contribution >= 0.6 is 22.9 Å². The Morgan fingerprint density at radius 2 is 2.33 bits per heavy atom. The number of anilines is 1. The van der Waals surface area contributed by atoms with E-state index in [0.29, 0.717) is 42.4 Å². The molecule has 0 aliphatic carbocycles. The fraction of sp³-hybridized carbons (Fsp3) is 0.278. The van der Waals surface area contributed by atoms with Gasteiger partial charge in [-0.3, -0.25) is 4.79 Å². The van der Waals surface area contributed by atoms with E-state index >= 15 is 0 Å². The zero-order valence-electron chi connectivity index (χ0n) is 14.5. The van der Waals surface area contributed by atoms with Gasteiger partial charge in [0.2, 0.25) is 5.91 Å². The van der Waals surface area contributed by atoms with Gasteiger partial charge < -0.3 is 19.4 Å². The molecule has 0 radical (unpaired) electrons. The third-order valence-corrected chi connectivity index (χ3v) is 5.26. The van der Waals surface area contributed by atoms with Crippen LogP contribution in [-0.4, -0.2) is 30.1 Å². The summed E-state index contributed by atoms with van der Waals surface area (Å²) in [6, 6.07) is 5.37. The summed E-state index contributed by atoms with van der Waals surface area (Å²) >= 11 is 6.98. The molecule has 0 aromatic carbocycles. The highest BCUT2D eigenvalue weighted by Gasteiger charge is 2.27. The van der Waals surface area contributed by atoms with E-state index in [1.807, 2.05) is 0 Å². The molecule has 0 atom stereocenters. The number of hydrogen-bond donors (Lipinski definition) is 1. The van der Waals surface area contributed by atoms with E-state index in [2.05, 4.69) is 11.4 Å². The molecule has 2 aromatic heterocycles. The Bertz CT molecular complexity index is 941. The second-order valence-corrected chi connectivity index (χ2v) is 7.13. The Labute approximate surface area is 164 Å². The lowest BCUT2D eigenvalue weighted by atomic mass is 10.0. The van der Waals surface area contributed by atoms with E-state index in [1.54, 1.807) is 24.0 Å². The highest BCUT2D eigenvalue weighted by Crippen LogP contribution is 2.36. The number of nitrogens with zero attached hydrogens (tertiary/aromatic N) is 2. The maximum Gasteiger partial charge on any atom is 0.410 e. The second-order valence-electron chi connectivity index (χ2n) is 5.65. The molecule has 0 unspecified atom stereocenters. The number of ether oxygens (including phenoxy) is 1. The van der Waals surface area contributed by atoms with Crippen LogP contribution in [0.3, 0.4) is 0 Å². The van der Waals surface area contributed by atoms with Gasteiger partial charge in [0.15, 0.2) is 5.22 Å². The van der Waals surface area contributed by atoms with E-state index in [9.17, 15) is 14.9 Å². The molecular weight excluding hydrogens is 390 g/mol. The molecule has 0 saturated heterocycles. The van der Waals surface area contributed by atoms with Crippen LogP contribution in [0.25, 0.3) is 6.08 Å². The summed E-state index contributed by atoms with van der Waals surface area (Å²) in [5.41, 5.74) is 1.32. The zero-order valence-corrected chi connectivity index (χ0v) is 16.0. The number of furan rings is 1. The van der Waals surface area contributed by atoms with Crippen LogP contribution < -0.4 is 5.32 Å². The van der Waals surface area contributed by atoms with Crippen LogP contribution in [0.5, 0.6) is 0 Å². The number of fused-ring (bicyclic) bond motifs is 1. The van der Waals surface area contributed by atoms with Gasteiger partial charge in [-0.15, -0.1) is 11.3 Å². The first kappa shape index (κ1) is 19.0. The summed E-state index contributed by atoms with van der Waals surface area (Å²) in [4.78, 5) is 26.6. The molecule has 140 valence electrons. The Hall–Kier alpha value is -2.76. The van der Waals surface area contributed by atoms with Gasteiger partial charge in [-0.05, 0) is 48.7 Å². The van der Waals surface area contributed by atoms with Crippen molar-refractivity contribution in [3.8, 4) is 6.07 Å². The molecule has 2 aromatic rings. The van der Waals surface area contributed by atoms with Crippen molar-refractivity contribution in [2.24, 2.45) is 0 Å². The molecule has 3 heterocycles. The van der Waals surface area contributed by atoms with Crippen molar-refractivity contribution in [2.45, 2.75) is 19.9 Å². The number of halogens is 1. The largest absolute Gasteiger partial charge is 0.450 e. The average Bonchev–Trinajstić information content (AvgIpc) is 3.22. The molecule has 1 aliphatic heterocycles.